The molecule has 1 saturated carbocycles. The number of rotatable bonds is 9. The van der Waals surface area contributed by atoms with Crippen LogP contribution in [-0.4, -0.2) is 42.3 Å². The fourth-order valence-electron chi connectivity index (χ4n) is 4.38. The van der Waals surface area contributed by atoms with Crippen molar-refractivity contribution in [2.24, 2.45) is 5.41 Å². The Kier molecular flexibility index (Phi) is 6.17. The van der Waals surface area contributed by atoms with Crippen LogP contribution in [0.25, 0.3) is 11.1 Å². The molecule has 0 aliphatic heterocycles. The predicted molar refractivity (Wildman–Crippen MR) is 119 cm³/mol. The smallest absolute Gasteiger partial charge is 0.407 e. The minimum Gasteiger partial charge on any atom is -0.480 e. The molecule has 2 aliphatic carbocycles. The van der Waals surface area contributed by atoms with E-state index in [1.807, 2.05) is 31.2 Å². The third-order valence-electron chi connectivity index (χ3n) is 6.43. The minimum absolute atomic E-state index is 0.0308. The number of carboxylic acid groups (broad SMARTS) is 1. The summed E-state index contributed by atoms with van der Waals surface area (Å²) in [5.41, 5.74) is 3.84. The van der Waals surface area contributed by atoms with Gasteiger partial charge in [-0.1, -0.05) is 61.9 Å². The molecule has 168 valence electrons. The number of alkyl carbamates (subject to hydrolysis) is 1. The Morgan fingerprint density at radius 3 is 2.19 bits per heavy atom. The summed E-state index contributed by atoms with van der Waals surface area (Å²) in [6.45, 7) is 2.21. The molecule has 2 aliphatic rings. The van der Waals surface area contributed by atoms with Crippen LogP contribution in [0.5, 0.6) is 0 Å². The van der Waals surface area contributed by atoms with E-state index >= 15 is 0 Å². The number of carbonyl (C=O) groups is 3. The van der Waals surface area contributed by atoms with Crippen molar-refractivity contribution >= 4 is 18.0 Å². The number of nitrogens with one attached hydrogen (secondary N) is 2. The van der Waals surface area contributed by atoms with E-state index in [0.717, 1.165) is 22.3 Å². The first-order chi connectivity index (χ1) is 15.4. The van der Waals surface area contributed by atoms with Gasteiger partial charge in [-0.05, 0) is 41.5 Å². The maximum atomic E-state index is 12.6. The second kappa shape index (κ2) is 9.02. The minimum atomic E-state index is -1.04. The number of fused-ring (bicyclic) bond motifs is 3. The van der Waals surface area contributed by atoms with Crippen molar-refractivity contribution in [3.8, 4) is 11.1 Å². The first-order valence-electron chi connectivity index (χ1n) is 11.1. The lowest BCUT2D eigenvalue weighted by atomic mass is 9.98. The second-order valence-electron chi connectivity index (χ2n) is 8.61. The van der Waals surface area contributed by atoms with E-state index in [-0.39, 0.29) is 25.0 Å². The summed E-state index contributed by atoms with van der Waals surface area (Å²) < 4.78 is 5.52. The molecule has 32 heavy (non-hydrogen) atoms. The molecule has 0 saturated heterocycles. The van der Waals surface area contributed by atoms with Crippen LogP contribution in [0.1, 0.15) is 49.7 Å². The van der Waals surface area contributed by atoms with Gasteiger partial charge in [-0.3, -0.25) is 4.79 Å². The average molecular weight is 437 g/mol. The summed E-state index contributed by atoms with van der Waals surface area (Å²) >= 11 is 0. The predicted octanol–water partition coefficient (Wildman–Crippen LogP) is 3.67. The molecule has 0 heterocycles. The Labute approximate surface area is 187 Å². The van der Waals surface area contributed by atoms with Gasteiger partial charge in [-0.2, -0.15) is 0 Å². The number of carbonyl (C=O) groups excluding carboxylic acids is 2. The second-order valence-corrected chi connectivity index (χ2v) is 8.61. The lowest BCUT2D eigenvalue weighted by molar-refractivity contribution is -0.142. The Bertz CT molecular complexity index is 985. The molecule has 2 aromatic carbocycles. The van der Waals surface area contributed by atoms with Crippen molar-refractivity contribution in [2.75, 3.05) is 13.2 Å². The fraction of sp³-hybridized carbons (Fsp3) is 0.400. The van der Waals surface area contributed by atoms with Crippen molar-refractivity contribution in [2.45, 2.75) is 44.6 Å². The molecule has 0 aromatic heterocycles. The van der Waals surface area contributed by atoms with Crippen LogP contribution in [0.15, 0.2) is 48.5 Å². The van der Waals surface area contributed by atoms with Crippen LogP contribution in [-0.2, 0) is 14.3 Å². The van der Waals surface area contributed by atoms with Gasteiger partial charge in [-0.25, -0.2) is 9.59 Å². The van der Waals surface area contributed by atoms with Crippen LogP contribution in [0.3, 0.4) is 0 Å². The van der Waals surface area contributed by atoms with Gasteiger partial charge in [0.05, 0.1) is 5.41 Å². The highest BCUT2D eigenvalue weighted by Gasteiger charge is 2.50. The molecule has 1 fully saturated rings. The number of ether oxygens (including phenoxy) is 1. The van der Waals surface area contributed by atoms with Crippen LogP contribution < -0.4 is 10.6 Å². The Morgan fingerprint density at radius 1 is 1.06 bits per heavy atom. The van der Waals surface area contributed by atoms with E-state index in [4.69, 9.17) is 4.74 Å². The monoisotopic (exact) mass is 436 g/mol. The molecule has 2 aromatic rings. The molecule has 0 spiro atoms. The maximum absolute atomic E-state index is 12.6. The molecule has 2 amide bonds. The molecular formula is C25H28N2O5. The van der Waals surface area contributed by atoms with E-state index in [9.17, 15) is 19.5 Å². The lowest BCUT2D eigenvalue weighted by Gasteiger charge is -2.20. The number of hydrogen-bond acceptors (Lipinski definition) is 4. The van der Waals surface area contributed by atoms with Crippen molar-refractivity contribution in [1.29, 1.82) is 0 Å². The fourth-order valence-corrected chi connectivity index (χ4v) is 4.38. The lowest BCUT2D eigenvalue weighted by Crippen LogP contribution is -2.47. The average Bonchev–Trinajstić information content (AvgIpc) is 3.53. The van der Waals surface area contributed by atoms with Crippen LogP contribution in [0.2, 0.25) is 0 Å². The van der Waals surface area contributed by atoms with E-state index in [1.54, 1.807) is 0 Å². The van der Waals surface area contributed by atoms with Crippen LogP contribution in [0, 0.1) is 5.41 Å². The van der Waals surface area contributed by atoms with Crippen molar-refractivity contribution in [3.63, 3.8) is 0 Å². The highest BCUT2D eigenvalue weighted by molar-refractivity contribution is 5.90. The first-order valence-corrected chi connectivity index (χ1v) is 11.1. The quantitative estimate of drug-likeness (QED) is 0.556. The van der Waals surface area contributed by atoms with Crippen molar-refractivity contribution < 1.29 is 24.2 Å². The standard InChI is InChI=1S/C25H28N2O5/c1-2-7-21(22(28)29)27-23(30)25(12-13-25)15-26-24(31)32-14-20-18-10-5-3-8-16(18)17-9-4-6-11-19(17)20/h3-6,8-11,20-21H,2,7,12-15H2,1H3,(H,26,31)(H,27,30)(H,28,29)/t21-/m1/s1. The molecule has 1 atom stereocenters. The molecule has 3 N–H and O–H groups in total. The maximum Gasteiger partial charge on any atom is 0.407 e. The highest BCUT2D eigenvalue weighted by Crippen LogP contribution is 2.46. The Balaban J connectivity index is 1.32. The number of carboxylic acids is 1. The Morgan fingerprint density at radius 2 is 1.66 bits per heavy atom. The Hall–Kier alpha value is -3.35. The van der Waals surface area contributed by atoms with Gasteiger partial charge in [0.2, 0.25) is 5.91 Å². The van der Waals surface area contributed by atoms with E-state index in [1.165, 1.54) is 0 Å². The van der Waals surface area contributed by atoms with Crippen LogP contribution >= 0.6 is 0 Å². The van der Waals surface area contributed by atoms with Crippen LogP contribution in [0.4, 0.5) is 4.79 Å². The van der Waals surface area contributed by atoms with E-state index in [2.05, 4.69) is 34.9 Å². The summed E-state index contributed by atoms with van der Waals surface area (Å²) in [5, 5.41) is 14.6. The van der Waals surface area contributed by atoms with Gasteiger partial charge >= 0.3 is 12.1 Å². The van der Waals surface area contributed by atoms with E-state index in [0.29, 0.717) is 25.7 Å². The zero-order chi connectivity index (χ0) is 22.7. The summed E-state index contributed by atoms with van der Waals surface area (Å²) in [6, 6.07) is 15.3. The molecule has 0 bridgehead atoms. The van der Waals surface area contributed by atoms with Gasteiger partial charge < -0.3 is 20.5 Å². The summed E-state index contributed by atoms with van der Waals surface area (Å²) in [6.07, 6.45) is 1.68. The largest absolute Gasteiger partial charge is 0.480 e. The van der Waals surface area contributed by atoms with Gasteiger partial charge in [0.15, 0.2) is 0 Å². The highest BCUT2D eigenvalue weighted by atomic mass is 16.5. The number of hydrogen-bond donors (Lipinski definition) is 3. The third-order valence-corrected chi connectivity index (χ3v) is 6.43. The SMILES string of the molecule is CCC[C@@H](NC(=O)C1(CNC(=O)OCC2c3ccccc3-c3ccccc32)CC1)C(=O)O. The third kappa shape index (κ3) is 4.33. The van der Waals surface area contributed by atoms with E-state index < -0.39 is 23.5 Å². The van der Waals surface area contributed by atoms with Gasteiger partial charge in [-0.15, -0.1) is 0 Å². The number of benzene rings is 2. The molecule has 4 rings (SSSR count). The molecule has 0 unspecified atom stereocenters. The summed E-state index contributed by atoms with van der Waals surface area (Å²) in [4.78, 5) is 36.3. The molecule has 7 heteroatoms. The van der Waals surface area contributed by atoms with Crippen molar-refractivity contribution in [1.82, 2.24) is 10.6 Å². The first kappa shape index (κ1) is 21.9. The zero-order valence-electron chi connectivity index (χ0n) is 18.1. The molecular weight excluding hydrogens is 408 g/mol. The normalized spacial score (nSPS) is 16.4. The topological polar surface area (TPSA) is 105 Å². The molecule has 7 nitrogen and oxygen atoms in total. The van der Waals surface area contributed by atoms with Gasteiger partial charge in [0.1, 0.15) is 12.6 Å². The van der Waals surface area contributed by atoms with Gasteiger partial charge in [0.25, 0.3) is 0 Å². The molecule has 0 radical (unpaired) electrons. The van der Waals surface area contributed by atoms with Gasteiger partial charge in [0, 0.05) is 12.5 Å². The van der Waals surface area contributed by atoms with Crippen molar-refractivity contribution in [3.05, 3.63) is 59.7 Å². The number of amides is 2. The zero-order valence-corrected chi connectivity index (χ0v) is 18.1. The summed E-state index contributed by atoms with van der Waals surface area (Å²) in [5.74, 6) is -1.39. The summed E-state index contributed by atoms with van der Waals surface area (Å²) in [7, 11) is 0. The number of aliphatic carboxylic acids is 1.